The molecule has 0 saturated carbocycles. The number of nitrogens with zero attached hydrogens (tertiary/aromatic N) is 3. The van der Waals surface area contributed by atoms with Gasteiger partial charge in [0.25, 0.3) is 0 Å². The summed E-state index contributed by atoms with van der Waals surface area (Å²) in [6, 6.07) is 3.67. The van der Waals surface area contributed by atoms with Gasteiger partial charge in [-0.3, -0.25) is 0 Å². The zero-order valence-corrected chi connectivity index (χ0v) is 13.9. The van der Waals surface area contributed by atoms with Crippen molar-refractivity contribution < 1.29 is 26.3 Å². The Morgan fingerprint density at radius 1 is 1.28 bits per heavy atom. The minimum atomic E-state index is -5.03. The van der Waals surface area contributed by atoms with E-state index in [9.17, 15) is 21.6 Å². The van der Waals surface area contributed by atoms with Gasteiger partial charge in [-0.25, -0.2) is 18.1 Å². The van der Waals surface area contributed by atoms with E-state index < -0.39 is 32.1 Å². The van der Waals surface area contributed by atoms with Crippen molar-refractivity contribution in [3.63, 3.8) is 0 Å². The second-order valence-electron chi connectivity index (χ2n) is 5.47. The molecule has 0 aliphatic rings. The number of sulfone groups is 1. The highest BCUT2D eigenvalue weighted by Gasteiger charge is 2.35. The maximum Gasteiger partial charge on any atom is 0.573 e. The molecule has 0 spiro atoms. The summed E-state index contributed by atoms with van der Waals surface area (Å²) < 4.78 is 68.2. The smallest absolute Gasteiger partial charge is 0.404 e. The molecule has 2 heterocycles. The van der Waals surface area contributed by atoms with E-state index in [1.54, 1.807) is 12.3 Å². The predicted molar refractivity (Wildman–Crippen MR) is 82.2 cm³/mol. The van der Waals surface area contributed by atoms with Gasteiger partial charge in [0.2, 0.25) is 5.95 Å². The van der Waals surface area contributed by atoms with Crippen LogP contribution in [0.5, 0.6) is 5.75 Å². The Bertz CT molecular complexity index is 1010. The van der Waals surface area contributed by atoms with Gasteiger partial charge in [-0.05, 0) is 26.0 Å². The summed E-state index contributed by atoms with van der Waals surface area (Å²) in [5.41, 5.74) is 0.367. The van der Waals surface area contributed by atoms with E-state index in [0.29, 0.717) is 0 Å². The van der Waals surface area contributed by atoms with Crippen molar-refractivity contribution in [2.24, 2.45) is 0 Å². The van der Waals surface area contributed by atoms with Crippen molar-refractivity contribution in [1.29, 1.82) is 0 Å². The molecule has 0 fully saturated rings. The predicted octanol–water partition coefficient (Wildman–Crippen LogP) is 2.83. The van der Waals surface area contributed by atoms with Crippen LogP contribution >= 0.6 is 0 Å². The number of hydrogen-bond acceptors (Lipinski definition) is 5. The average molecular weight is 374 g/mol. The first-order valence-electron chi connectivity index (χ1n) is 7.11. The van der Waals surface area contributed by atoms with Crippen LogP contribution in [-0.2, 0) is 9.84 Å². The fraction of sp³-hybridized carbons (Fsp3) is 0.286. The largest absolute Gasteiger partial charge is 0.573 e. The number of hydrogen-bond donors (Lipinski definition) is 1. The molecule has 0 aliphatic carbocycles. The summed E-state index contributed by atoms with van der Waals surface area (Å²) in [4.78, 5) is 6.39. The van der Waals surface area contributed by atoms with Gasteiger partial charge in [0, 0.05) is 18.5 Å². The number of alkyl halides is 3. The number of nitrogens with one attached hydrogen (secondary N) is 1. The molecule has 11 heteroatoms. The number of fused-ring (bicyclic) bond motifs is 1. The maximum absolute atomic E-state index is 12.7. The van der Waals surface area contributed by atoms with E-state index in [1.165, 1.54) is 24.7 Å². The molecular formula is C14H13F3N4O3S. The van der Waals surface area contributed by atoms with Crippen LogP contribution in [0.1, 0.15) is 13.8 Å². The molecule has 0 amide bonds. The zero-order valence-electron chi connectivity index (χ0n) is 13.1. The number of imidazole rings is 1. The van der Waals surface area contributed by atoms with Crippen LogP contribution in [0.4, 0.5) is 13.2 Å². The highest BCUT2D eigenvalue weighted by Crippen LogP contribution is 2.35. The van der Waals surface area contributed by atoms with Crippen LogP contribution in [0.25, 0.3) is 17.0 Å². The van der Waals surface area contributed by atoms with Gasteiger partial charge >= 0.3 is 6.36 Å². The Kier molecular flexibility index (Phi) is 3.98. The summed E-state index contributed by atoms with van der Waals surface area (Å²) in [5.74, 6) is -0.579. The zero-order chi connectivity index (χ0) is 18.4. The summed E-state index contributed by atoms with van der Waals surface area (Å²) >= 11 is 0. The molecule has 0 saturated heterocycles. The summed E-state index contributed by atoms with van der Waals surface area (Å²) in [6.07, 6.45) is -1.95. The monoisotopic (exact) mass is 374 g/mol. The SMILES string of the molecule is CC(C)S(=O)(=O)c1cc2[nH]c(-n3cccn3)nc2cc1OC(F)(F)F. The van der Waals surface area contributed by atoms with E-state index in [2.05, 4.69) is 19.8 Å². The molecule has 0 radical (unpaired) electrons. The van der Waals surface area contributed by atoms with Crippen molar-refractivity contribution in [2.45, 2.75) is 30.4 Å². The van der Waals surface area contributed by atoms with Crippen LogP contribution in [0.2, 0.25) is 0 Å². The van der Waals surface area contributed by atoms with Gasteiger partial charge in [-0.15, -0.1) is 13.2 Å². The Labute approximate surface area is 140 Å². The molecule has 7 nitrogen and oxygen atoms in total. The number of rotatable bonds is 4. The molecule has 2 aromatic heterocycles. The molecule has 3 aromatic rings. The highest BCUT2D eigenvalue weighted by molar-refractivity contribution is 7.92. The number of ether oxygens (including phenoxy) is 1. The third kappa shape index (κ3) is 3.31. The van der Waals surface area contributed by atoms with Crippen molar-refractivity contribution >= 4 is 20.9 Å². The first-order valence-corrected chi connectivity index (χ1v) is 8.66. The standard InChI is InChI=1S/C14H13F3N4O3S/c1-8(2)25(22,23)12-7-10-9(6-11(12)24-14(15,16)17)19-13(20-10)21-5-3-4-18-21/h3-8H,1-2H3,(H,19,20). The molecule has 25 heavy (non-hydrogen) atoms. The van der Waals surface area contributed by atoms with E-state index >= 15 is 0 Å². The molecule has 3 rings (SSSR count). The third-order valence-electron chi connectivity index (χ3n) is 3.41. The number of H-pyrrole nitrogens is 1. The van der Waals surface area contributed by atoms with Crippen LogP contribution in [0.3, 0.4) is 0 Å². The number of aromatic nitrogens is 4. The molecule has 0 bridgehead atoms. The van der Waals surface area contributed by atoms with Crippen molar-refractivity contribution in [3.8, 4) is 11.7 Å². The quantitative estimate of drug-likeness (QED) is 0.758. The minimum Gasteiger partial charge on any atom is -0.404 e. The lowest BCUT2D eigenvalue weighted by Crippen LogP contribution is -2.21. The molecule has 134 valence electrons. The van der Waals surface area contributed by atoms with E-state index in [0.717, 1.165) is 12.1 Å². The summed E-state index contributed by atoms with van der Waals surface area (Å²) in [5, 5.41) is 3.03. The van der Waals surface area contributed by atoms with Crippen LogP contribution in [0.15, 0.2) is 35.5 Å². The second-order valence-corrected chi connectivity index (χ2v) is 7.94. The van der Waals surface area contributed by atoms with Gasteiger partial charge in [-0.1, -0.05) is 0 Å². The van der Waals surface area contributed by atoms with E-state index in [1.807, 2.05) is 0 Å². The molecule has 1 N–H and O–H groups in total. The maximum atomic E-state index is 12.7. The Balaban J connectivity index is 2.23. The number of aromatic amines is 1. The van der Waals surface area contributed by atoms with Gasteiger partial charge in [0.05, 0.1) is 16.3 Å². The fourth-order valence-electron chi connectivity index (χ4n) is 2.19. The van der Waals surface area contributed by atoms with Crippen LogP contribution in [-0.4, -0.2) is 39.8 Å². The van der Waals surface area contributed by atoms with Crippen molar-refractivity contribution in [2.75, 3.05) is 0 Å². The van der Waals surface area contributed by atoms with Gasteiger partial charge in [0.15, 0.2) is 9.84 Å². The van der Waals surface area contributed by atoms with Crippen molar-refractivity contribution in [1.82, 2.24) is 19.7 Å². The van der Waals surface area contributed by atoms with Gasteiger partial charge < -0.3 is 9.72 Å². The third-order valence-corrected chi connectivity index (χ3v) is 5.58. The average Bonchev–Trinajstić information content (AvgIpc) is 3.12. The summed E-state index contributed by atoms with van der Waals surface area (Å²) in [7, 11) is -4.01. The number of benzene rings is 1. The fourth-order valence-corrected chi connectivity index (χ4v) is 3.36. The first-order chi connectivity index (χ1) is 11.6. The Morgan fingerprint density at radius 3 is 2.56 bits per heavy atom. The van der Waals surface area contributed by atoms with E-state index in [4.69, 9.17) is 0 Å². The molecule has 1 aromatic carbocycles. The lowest BCUT2D eigenvalue weighted by Gasteiger charge is -2.15. The molecule has 0 aliphatic heterocycles. The Hall–Kier alpha value is -2.56. The van der Waals surface area contributed by atoms with Crippen LogP contribution in [0, 0.1) is 0 Å². The number of halogens is 3. The highest BCUT2D eigenvalue weighted by atomic mass is 32.2. The van der Waals surface area contributed by atoms with Gasteiger partial charge in [0.1, 0.15) is 10.6 Å². The minimum absolute atomic E-state index is 0.118. The molecule has 0 unspecified atom stereocenters. The van der Waals surface area contributed by atoms with Crippen LogP contribution < -0.4 is 4.74 Å². The molecular weight excluding hydrogens is 361 g/mol. The molecule has 0 atom stereocenters. The normalized spacial score (nSPS) is 12.9. The Morgan fingerprint density at radius 2 is 2.00 bits per heavy atom. The first kappa shape index (κ1) is 17.3. The lowest BCUT2D eigenvalue weighted by molar-refractivity contribution is -0.275. The topological polar surface area (TPSA) is 89.9 Å². The lowest BCUT2D eigenvalue weighted by atomic mass is 10.3. The second kappa shape index (κ2) is 5.76. The van der Waals surface area contributed by atoms with Gasteiger partial charge in [-0.2, -0.15) is 5.10 Å². The van der Waals surface area contributed by atoms with E-state index in [-0.39, 0.29) is 17.0 Å². The van der Waals surface area contributed by atoms with Crippen molar-refractivity contribution in [3.05, 3.63) is 30.6 Å². The summed E-state index contributed by atoms with van der Waals surface area (Å²) in [6.45, 7) is 2.75.